The minimum absolute atomic E-state index is 0.0620. The zero-order chi connectivity index (χ0) is 15.0. The summed E-state index contributed by atoms with van der Waals surface area (Å²) in [5.41, 5.74) is 3.86. The fourth-order valence-electron chi connectivity index (χ4n) is 2.44. The van der Waals surface area contributed by atoms with Crippen molar-refractivity contribution in [2.75, 3.05) is 5.32 Å². The number of aryl methyl sites for hydroxylation is 2. The molecule has 2 aromatic rings. The average molecular weight is 299 g/mol. The van der Waals surface area contributed by atoms with Crippen molar-refractivity contribution in [2.45, 2.75) is 30.4 Å². The molecule has 3 nitrogen and oxygen atoms in total. The highest BCUT2D eigenvalue weighted by Gasteiger charge is 2.28. The molecule has 1 amide bonds. The van der Waals surface area contributed by atoms with Crippen molar-refractivity contribution in [1.82, 2.24) is 0 Å². The summed E-state index contributed by atoms with van der Waals surface area (Å²) >= 11 is 1.59. The zero-order valence-corrected chi connectivity index (χ0v) is 12.8. The number of nitrogens with one attached hydrogen (secondary N) is 1. The normalized spacial score (nSPS) is 16.6. The topological polar surface area (TPSA) is 49.3 Å². The smallest absolute Gasteiger partial charge is 0.238 e. The van der Waals surface area contributed by atoms with E-state index in [1.807, 2.05) is 13.0 Å². The van der Waals surface area contributed by atoms with Gasteiger partial charge in [-0.15, -0.1) is 11.8 Å². The molecule has 108 valence electrons. The molecule has 0 fully saturated rings. The summed E-state index contributed by atoms with van der Waals surface area (Å²) in [6.07, 6.45) is 0.735. The maximum Gasteiger partial charge on any atom is 0.238 e. The first-order chi connectivity index (χ1) is 10.0. The molecule has 0 aliphatic carbocycles. The van der Waals surface area contributed by atoms with Gasteiger partial charge in [-0.1, -0.05) is 23.8 Å². The number of hydrogen-bond acceptors (Lipinski definition) is 3. The van der Waals surface area contributed by atoms with Gasteiger partial charge in [0.25, 0.3) is 0 Å². The number of aromatic hydroxyl groups is 1. The number of anilines is 1. The van der Waals surface area contributed by atoms with E-state index in [0.717, 1.165) is 12.0 Å². The summed E-state index contributed by atoms with van der Waals surface area (Å²) < 4.78 is 0. The monoisotopic (exact) mass is 299 g/mol. The average Bonchev–Trinajstić information content (AvgIpc) is 2.85. The molecule has 3 rings (SSSR count). The maximum atomic E-state index is 12.4. The highest BCUT2D eigenvalue weighted by molar-refractivity contribution is 8.01. The van der Waals surface area contributed by atoms with Crippen LogP contribution in [0.25, 0.3) is 0 Å². The molecule has 1 aliphatic rings. The van der Waals surface area contributed by atoms with E-state index in [9.17, 15) is 9.90 Å². The Bertz CT molecular complexity index is 712. The van der Waals surface area contributed by atoms with Crippen molar-refractivity contribution in [3.05, 3.63) is 53.1 Å². The van der Waals surface area contributed by atoms with Crippen molar-refractivity contribution in [3.63, 3.8) is 0 Å². The third-order valence-electron chi connectivity index (χ3n) is 3.60. The van der Waals surface area contributed by atoms with E-state index in [1.54, 1.807) is 23.9 Å². The Balaban J connectivity index is 1.73. The number of carbonyl (C=O) groups is 1. The molecule has 21 heavy (non-hydrogen) atoms. The van der Waals surface area contributed by atoms with Gasteiger partial charge in [-0.05, 0) is 49.6 Å². The molecule has 0 aromatic heterocycles. The lowest BCUT2D eigenvalue weighted by Crippen LogP contribution is -2.24. The minimum atomic E-state index is -0.137. The van der Waals surface area contributed by atoms with Gasteiger partial charge in [0.15, 0.2) is 0 Å². The molecule has 2 aromatic carbocycles. The molecular weight excluding hydrogens is 282 g/mol. The van der Waals surface area contributed by atoms with E-state index in [1.165, 1.54) is 16.0 Å². The summed E-state index contributed by atoms with van der Waals surface area (Å²) in [4.78, 5) is 13.5. The Hall–Kier alpha value is -1.94. The molecule has 1 atom stereocenters. The molecule has 4 heteroatoms. The van der Waals surface area contributed by atoms with Crippen LogP contribution in [-0.2, 0) is 11.2 Å². The number of thioether (sulfide) groups is 1. The van der Waals surface area contributed by atoms with Crippen LogP contribution in [0.4, 0.5) is 5.69 Å². The van der Waals surface area contributed by atoms with Crippen molar-refractivity contribution in [1.29, 1.82) is 0 Å². The summed E-state index contributed by atoms with van der Waals surface area (Å²) in [5, 5.41) is 12.6. The van der Waals surface area contributed by atoms with Crippen LogP contribution in [-0.4, -0.2) is 16.3 Å². The Morgan fingerprint density at radius 1 is 1.19 bits per heavy atom. The molecule has 1 heterocycles. The number of carbonyl (C=O) groups excluding carboxylic acids is 1. The third kappa shape index (κ3) is 2.90. The van der Waals surface area contributed by atoms with Gasteiger partial charge in [0, 0.05) is 4.90 Å². The van der Waals surface area contributed by atoms with Crippen molar-refractivity contribution in [2.24, 2.45) is 0 Å². The molecule has 2 N–H and O–H groups in total. The standard InChI is InChI=1S/C17H17NO2S/c1-10-4-6-13(14(19)7-10)18-17(20)16-9-12-5-3-11(2)8-15(12)21-16/h3-8,16,19H,9H2,1-2H3,(H,18,20)/t16-/m1/s1. The van der Waals surface area contributed by atoms with Gasteiger partial charge in [-0.2, -0.15) is 0 Å². The van der Waals surface area contributed by atoms with Crippen LogP contribution in [0.1, 0.15) is 16.7 Å². The molecule has 0 radical (unpaired) electrons. The minimum Gasteiger partial charge on any atom is -0.506 e. The van der Waals surface area contributed by atoms with E-state index in [4.69, 9.17) is 0 Å². The van der Waals surface area contributed by atoms with Crippen molar-refractivity contribution < 1.29 is 9.90 Å². The van der Waals surface area contributed by atoms with E-state index in [2.05, 4.69) is 30.4 Å². The molecule has 1 aliphatic heterocycles. The van der Waals surface area contributed by atoms with E-state index < -0.39 is 0 Å². The molecule has 0 saturated heterocycles. The summed E-state index contributed by atoms with van der Waals surface area (Å²) in [5.74, 6) is 0.0488. The van der Waals surface area contributed by atoms with Gasteiger partial charge in [0.2, 0.25) is 5.91 Å². The van der Waals surface area contributed by atoms with E-state index in [-0.39, 0.29) is 16.9 Å². The summed E-state index contributed by atoms with van der Waals surface area (Å²) in [6.45, 7) is 3.95. The third-order valence-corrected chi connectivity index (χ3v) is 4.90. The predicted molar refractivity (Wildman–Crippen MR) is 86.0 cm³/mol. The van der Waals surface area contributed by atoms with Gasteiger partial charge in [-0.3, -0.25) is 4.79 Å². The van der Waals surface area contributed by atoms with Crippen LogP contribution in [0.15, 0.2) is 41.3 Å². The SMILES string of the molecule is Cc1ccc(NC(=O)[C@H]2Cc3ccc(C)cc3S2)c(O)c1. The Labute approximate surface area is 128 Å². The first-order valence-electron chi connectivity index (χ1n) is 6.89. The van der Waals surface area contributed by atoms with Crippen LogP contribution in [0.3, 0.4) is 0 Å². The predicted octanol–water partition coefficient (Wildman–Crippen LogP) is 3.66. The van der Waals surface area contributed by atoms with Gasteiger partial charge < -0.3 is 10.4 Å². The number of phenols is 1. The first kappa shape index (κ1) is 14.0. The molecule has 0 bridgehead atoms. The summed E-state index contributed by atoms with van der Waals surface area (Å²) in [7, 11) is 0. The quantitative estimate of drug-likeness (QED) is 0.832. The van der Waals surface area contributed by atoms with Crippen LogP contribution in [0.2, 0.25) is 0 Å². The number of rotatable bonds is 2. The lowest BCUT2D eigenvalue weighted by molar-refractivity contribution is -0.115. The second-order valence-corrected chi connectivity index (χ2v) is 6.68. The number of fused-ring (bicyclic) bond motifs is 1. The van der Waals surface area contributed by atoms with E-state index >= 15 is 0 Å². The number of amides is 1. The Morgan fingerprint density at radius 2 is 1.90 bits per heavy atom. The van der Waals surface area contributed by atoms with Gasteiger partial charge >= 0.3 is 0 Å². The molecule has 0 saturated carbocycles. The number of phenolic OH excluding ortho intramolecular Hbond substituents is 1. The van der Waals surface area contributed by atoms with Crippen molar-refractivity contribution >= 4 is 23.4 Å². The molecule has 0 unspecified atom stereocenters. The van der Waals surface area contributed by atoms with Crippen LogP contribution in [0.5, 0.6) is 5.75 Å². The fraction of sp³-hybridized carbons (Fsp3) is 0.235. The fourth-order valence-corrected chi connectivity index (χ4v) is 3.73. The van der Waals surface area contributed by atoms with Gasteiger partial charge in [-0.25, -0.2) is 0 Å². The zero-order valence-electron chi connectivity index (χ0n) is 12.0. The largest absolute Gasteiger partial charge is 0.506 e. The number of hydrogen-bond donors (Lipinski definition) is 2. The number of benzene rings is 2. The first-order valence-corrected chi connectivity index (χ1v) is 7.77. The molecule has 0 spiro atoms. The highest BCUT2D eigenvalue weighted by atomic mass is 32.2. The van der Waals surface area contributed by atoms with Gasteiger partial charge in [0.05, 0.1) is 10.9 Å². The Kier molecular flexibility index (Phi) is 3.64. The van der Waals surface area contributed by atoms with Gasteiger partial charge in [0.1, 0.15) is 5.75 Å². The molecular formula is C17H17NO2S. The van der Waals surface area contributed by atoms with Crippen LogP contribution >= 0.6 is 11.8 Å². The Morgan fingerprint density at radius 3 is 2.67 bits per heavy atom. The van der Waals surface area contributed by atoms with E-state index in [0.29, 0.717) is 5.69 Å². The van der Waals surface area contributed by atoms with Crippen LogP contribution < -0.4 is 5.32 Å². The second kappa shape index (κ2) is 5.45. The lowest BCUT2D eigenvalue weighted by Gasteiger charge is -2.11. The lowest BCUT2D eigenvalue weighted by atomic mass is 10.1. The highest BCUT2D eigenvalue weighted by Crippen LogP contribution is 2.38. The van der Waals surface area contributed by atoms with Crippen molar-refractivity contribution in [3.8, 4) is 5.75 Å². The summed E-state index contributed by atoms with van der Waals surface area (Å²) in [6, 6.07) is 11.5. The van der Waals surface area contributed by atoms with Crippen LogP contribution in [0, 0.1) is 13.8 Å². The maximum absolute atomic E-state index is 12.4. The second-order valence-electron chi connectivity index (χ2n) is 5.43.